The van der Waals surface area contributed by atoms with Gasteiger partial charge in [-0.3, -0.25) is 9.59 Å². The Labute approximate surface area is 135 Å². The Bertz CT molecular complexity index is 408. The van der Waals surface area contributed by atoms with Crippen LogP contribution in [0.2, 0.25) is 0 Å². The van der Waals surface area contributed by atoms with Crippen LogP contribution in [0.5, 0.6) is 0 Å². The first-order valence-electron chi connectivity index (χ1n) is 8.95. The molecular formula is C18H32N2O2. The zero-order valence-corrected chi connectivity index (χ0v) is 14.7. The maximum atomic E-state index is 12.5. The van der Waals surface area contributed by atoms with E-state index in [2.05, 4.69) is 20.8 Å². The molecule has 2 aliphatic rings. The number of nitrogens with zero attached hydrogens (tertiary/aromatic N) is 2. The van der Waals surface area contributed by atoms with Gasteiger partial charge in [0.1, 0.15) is 0 Å². The highest BCUT2D eigenvalue weighted by Crippen LogP contribution is 2.29. The van der Waals surface area contributed by atoms with Gasteiger partial charge in [0.15, 0.2) is 0 Å². The summed E-state index contributed by atoms with van der Waals surface area (Å²) in [7, 11) is 1.91. The minimum absolute atomic E-state index is 0.152. The Kier molecular flexibility index (Phi) is 5.87. The summed E-state index contributed by atoms with van der Waals surface area (Å²) in [6.45, 7) is 9.07. The second-order valence-corrected chi connectivity index (χ2v) is 7.59. The standard InChI is InChI=1S/C18H32N2O2/c1-13(2)15-7-6-11-20(18(15)22)12-9-14(3)16-8-5-10-19(4)17(16)21/h13-16H,5-12H2,1-4H3/t14?,15-,16?/m1/s1. The molecule has 0 aromatic carbocycles. The molecule has 3 atom stereocenters. The van der Waals surface area contributed by atoms with Gasteiger partial charge in [-0.05, 0) is 43.9 Å². The second-order valence-electron chi connectivity index (χ2n) is 7.59. The van der Waals surface area contributed by atoms with E-state index in [1.165, 1.54) is 0 Å². The number of amides is 2. The number of piperidine rings is 2. The second kappa shape index (κ2) is 7.47. The largest absolute Gasteiger partial charge is 0.346 e. The first-order valence-corrected chi connectivity index (χ1v) is 8.95. The van der Waals surface area contributed by atoms with Crippen LogP contribution >= 0.6 is 0 Å². The number of carbonyl (C=O) groups excluding carboxylic acids is 2. The molecule has 2 amide bonds. The van der Waals surface area contributed by atoms with Gasteiger partial charge < -0.3 is 9.80 Å². The SMILES string of the molecule is CC(CCN1CCC[C@H](C(C)C)C1=O)C1CCCN(C)C1=O. The molecule has 126 valence electrons. The van der Waals surface area contributed by atoms with Gasteiger partial charge in [0, 0.05) is 38.5 Å². The average molecular weight is 308 g/mol. The molecule has 4 nitrogen and oxygen atoms in total. The highest BCUT2D eigenvalue weighted by Gasteiger charge is 2.33. The molecule has 2 unspecified atom stereocenters. The molecule has 2 rings (SSSR count). The molecular weight excluding hydrogens is 276 g/mol. The fourth-order valence-corrected chi connectivity index (χ4v) is 3.96. The first kappa shape index (κ1) is 17.3. The minimum Gasteiger partial charge on any atom is -0.346 e. The minimum atomic E-state index is 0.152. The molecule has 22 heavy (non-hydrogen) atoms. The van der Waals surface area contributed by atoms with Crippen molar-refractivity contribution in [3.63, 3.8) is 0 Å². The van der Waals surface area contributed by atoms with E-state index in [0.29, 0.717) is 23.7 Å². The van der Waals surface area contributed by atoms with Gasteiger partial charge in [-0.2, -0.15) is 0 Å². The Hall–Kier alpha value is -1.06. The lowest BCUT2D eigenvalue weighted by Crippen LogP contribution is -2.45. The summed E-state index contributed by atoms with van der Waals surface area (Å²) in [5.41, 5.74) is 0. The van der Waals surface area contributed by atoms with E-state index in [4.69, 9.17) is 0 Å². The smallest absolute Gasteiger partial charge is 0.225 e. The third kappa shape index (κ3) is 3.82. The van der Waals surface area contributed by atoms with Crippen molar-refractivity contribution in [1.82, 2.24) is 9.80 Å². The van der Waals surface area contributed by atoms with E-state index in [0.717, 1.165) is 51.7 Å². The van der Waals surface area contributed by atoms with E-state index in [-0.39, 0.29) is 11.8 Å². The number of carbonyl (C=O) groups is 2. The van der Waals surface area contributed by atoms with Gasteiger partial charge >= 0.3 is 0 Å². The van der Waals surface area contributed by atoms with E-state index in [1.807, 2.05) is 16.8 Å². The van der Waals surface area contributed by atoms with Crippen LogP contribution in [0.15, 0.2) is 0 Å². The Morgan fingerprint density at radius 1 is 1.00 bits per heavy atom. The number of hydrogen-bond acceptors (Lipinski definition) is 2. The summed E-state index contributed by atoms with van der Waals surface area (Å²) in [6, 6.07) is 0. The molecule has 0 radical (unpaired) electrons. The maximum Gasteiger partial charge on any atom is 0.225 e. The summed E-state index contributed by atoms with van der Waals surface area (Å²) in [4.78, 5) is 28.7. The number of hydrogen-bond donors (Lipinski definition) is 0. The van der Waals surface area contributed by atoms with Crippen molar-refractivity contribution in [2.45, 2.75) is 52.9 Å². The molecule has 2 heterocycles. The van der Waals surface area contributed by atoms with Crippen LogP contribution in [0.4, 0.5) is 0 Å². The van der Waals surface area contributed by atoms with Crippen molar-refractivity contribution in [2.75, 3.05) is 26.7 Å². The zero-order valence-electron chi connectivity index (χ0n) is 14.7. The van der Waals surface area contributed by atoms with Gasteiger partial charge in [0.25, 0.3) is 0 Å². The fourth-order valence-electron chi connectivity index (χ4n) is 3.96. The molecule has 2 fully saturated rings. The monoisotopic (exact) mass is 308 g/mol. The summed E-state index contributed by atoms with van der Waals surface area (Å²) >= 11 is 0. The van der Waals surface area contributed by atoms with Crippen molar-refractivity contribution in [1.29, 1.82) is 0 Å². The van der Waals surface area contributed by atoms with Crippen LogP contribution in [0, 0.1) is 23.7 Å². The Morgan fingerprint density at radius 2 is 1.64 bits per heavy atom. The van der Waals surface area contributed by atoms with Crippen LogP contribution < -0.4 is 0 Å². The molecule has 0 N–H and O–H groups in total. The lowest BCUT2D eigenvalue weighted by Gasteiger charge is -2.36. The van der Waals surface area contributed by atoms with E-state index in [1.54, 1.807) is 0 Å². The third-order valence-corrected chi connectivity index (χ3v) is 5.62. The summed E-state index contributed by atoms with van der Waals surface area (Å²) < 4.78 is 0. The number of likely N-dealkylation sites (tertiary alicyclic amines) is 2. The quantitative estimate of drug-likeness (QED) is 0.783. The van der Waals surface area contributed by atoms with Crippen LogP contribution in [0.25, 0.3) is 0 Å². The zero-order chi connectivity index (χ0) is 16.3. The lowest BCUT2D eigenvalue weighted by molar-refractivity contribution is -0.140. The van der Waals surface area contributed by atoms with Crippen molar-refractivity contribution in [2.24, 2.45) is 23.7 Å². The Balaban J connectivity index is 1.86. The van der Waals surface area contributed by atoms with Gasteiger partial charge in [-0.25, -0.2) is 0 Å². The van der Waals surface area contributed by atoms with Crippen molar-refractivity contribution >= 4 is 11.8 Å². The average Bonchev–Trinajstić information content (AvgIpc) is 2.48. The molecule has 0 bridgehead atoms. The van der Waals surface area contributed by atoms with E-state index >= 15 is 0 Å². The van der Waals surface area contributed by atoms with Crippen LogP contribution in [0.3, 0.4) is 0 Å². The first-order chi connectivity index (χ1) is 10.4. The van der Waals surface area contributed by atoms with Crippen molar-refractivity contribution < 1.29 is 9.59 Å². The topological polar surface area (TPSA) is 40.6 Å². The summed E-state index contributed by atoms with van der Waals surface area (Å²) in [6.07, 6.45) is 5.21. The third-order valence-electron chi connectivity index (χ3n) is 5.62. The molecule has 0 aromatic rings. The van der Waals surface area contributed by atoms with Gasteiger partial charge in [0.05, 0.1) is 0 Å². The van der Waals surface area contributed by atoms with Crippen LogP contribution in [0.1, 0.15) is 52.9 Å². The molecule has 2 aliphatic heterocycles. The predicted octanol–water partition coefficient (Wildman–Crippen LogP) is 2.78. The summed E-state index contributed by atoms with van der Waals surface area (Å²) in [5.74, 6) is 1.78. The highest BCUT2D eigenvalue weighted by atomic mass is 16.2. The normalized spacial score (nSPS) is 28.4. The predicted molar refractivity (Wildman–Crippen MR) is 88.3 cm³/mol. The number of rotatable bonds is 5. The molecule has 4 heteroatoms. The van der Waals surface area contributed by atoms with Gasteiger partial charge in [0.2, 0.25) is 11.8 Å². The van der Waals surface area contributed by atoms with Crippen molar-refractivity contribution in [3.05, 3.63) is 0 Å². The maximum absolute atomic E-state index is 12.5. The molecule has 2 saturated heterocycles. The van der Waals surface area contributed by atoms with Crippen LogP contribution in [-0.2, 0) is 9.59 Å². The molecule has 0 saturated carbocycles. The van der Waals surface area contributed by atoms with Crippen LogP contribution in [-0.4, -0.2) is 48.3 Å². The fraction of sp³-hybridized carbons (Fsp3) is 0.889. The molecule has 0 aliphatic carbocycles. The molecule has 0 aromatic heterocycles. The van der Waals surface area contributed by atoms with Gasteiger partial charge in [-0.15, -0.1) is 0 Å². The van der Waals surface area contributed by atoms with E-state index < -0.39 is 0 Å². The van der Waals surface area contributed by atoms with E-state index in [9.17, 15) is 9.59 Å². The molecule has 0 spiro atoms. The Morgan fingerprint density at radius 3 is 2.32 bits per heavy atom. The highest BCUT2D eigenvalue weighted by molar-refractivity contribution is 5.80. The van der Waals surface area contributed by atoms with Crippen molar-refractivity contribution in [3.8, 4) is 0 Å². The lowest BCUT2D eigenvalue weighted by atomic mass is 9.83. The van der Waals surface area contributed by atoms with Gasteiger partial charge in [-0.1, -0.05) is 20.8 Å². The summed E-state index contributed by atoms with van der Waals surface area (Å²) in [5, 5.41) is 0.